The van der Waals surface area contributed by atoms with E-state index in [0.717, 1.165) is 49.9 Å². The van der Waals surface area contributed by atoms with Crippen LogP contribution in [0.5, 0.6) is 0 Å². The van der Waals surface area contributed by atoms with Gasteiger partial charge in [0.05, 0.1) is 33.1 Å². The number of carbonyl (C=O) groups excluding carboxylic acids is 1. The number of anilines is 1. The van der Waals surface area contributed by atoms with E-state index in [2.05, 4.69) is 10.4 Å². The summed E-state index contributed by atoms with van der Waals surface area (Å²) in [6, 6.07) is 5.25. The van der Waals surface area contributed by atoms with E-state index in [9.17, 15) is 26.4 Å². The Kier molecular flexibility index (Phi) is 6.54. The number of hydrogen-bond acceptors (Lipinski definition) is 6. The quantitative estimate of drug-likeness (QED) is 0.542. The van der Waals surface area contributed by atoms with Crippen molar-refractivity contribution in [3.63, 3.8) is 0 Å². The molecular weight excluding hydrogens is 507 g/mol. The van der Waals surface area contributed by atoms with Crippen LogP contribution in [0.1, 0.15) is 68.7 Å². The normalized spacial score (nSPS) is 24.3. The molecule has 0 unspecified atom stereocenters. The number of benzene rings is 1. The third kappa shape index (κ3) is 5.09. The van der Waals surface area contributed by atoms with Crippen molar-refractivity contribution in [2.24, 2.45) is 5.73 Å². The molecule has 2 atom stereocenters. The summed E-state index contributed by atoms with van der Waals surface area (Å²) in [6.07, 6.45) is 1.34. The van der Waals surface area contributed by atoms with Gasteiger partial charge in [-0.15, -0.1) is 0 Å². The molecule has 1 aromatic heterocycles. The fourth-order valence-corrected chi connectivity index (χ4v) is 7.46. The molecule has 5 rings (SSSR count). The number of alkyl halides is 3. The molecule has 1 aliphatic heterocycles. The van der Waals surface area contributed by atoms with E-state index in [4.69, 9.17) is 5.73 Å². The molecule has 3 N–H and O–H groups in total. The van der Waals surface area contributed by atoms with E-state index < -0.39 is 49.3 Å². The lowest BCUT2D eigenvalue weighted by atomic mass is 9.96. The van der Waals surface area contributed by atoms with Crippen molar-refractivity contribution in [1.82, 2.24) is 15.1 Å². The number of sulfone groups is 1. The Labute approximate surface area is 214 Å². The second kappa shape index (κ2) is 9.30. The molecule has 2 aromatic rings. The van der Waals surface area contributed by atoms with Gasteiger partial charge in [-0.1, -0.05) is 31.4 Å². The van der Waals surface area contributed by atoms with E-state index in [1.807, 2.05) is 17.7 Å². The Morgan fingerprint density at radius 2 is 1.84 bits per heavy atom. The van der Waals surface area contributed by atoms with Gasteiger partial charge in [-0.25, -0.2) is 13.1 Å². The molecule has 2 heterocycles. The van der Waals surface area contributed by atoms with Crippen LogP contribution in [0.4, 0.5) is 19.0 Å². The second-order valence-corrected chi connectivity index (χ2v) is 12.8. The minimum Gasteiger partial charge on any atom is -0.343 e. The van der Waals surface area contributed by atoms with Gasteiger partial charge in [0, 0.05) is 12.6 Å². The highest BCUT2D eigenvalue weighted by Crippen LogP contribution is 2.40. The molecule has 3 aliphatic rings. The Morgan fingerprint density at radius 1 is 1.16 bits per heavy atom. The molecule has 12 heteroatoms. The monoisotopic (exact) mass is 539 g/mol. The number of aromatic nitrogens is 2. The minimum absolute atomic E-state index is 0.118. The van der Waals surface area contributed by atoms with Crippen LogP contribution >= 0.6 is 0 Å². The van der Waals surface area contributed by atoms with Gasteiger partial charge in [0.15, 0.2) is 9.84 Å². The van der Waals surface area contributed by atoms with Gasteiger partial charge < -0.3 is 16.0 Å². The topological polar surface area (TPSA) is 110 Å². The Morgan fingerprint density at radius 3 is 2.49 bits per heavy atom. The average molecular weight is 540 g/mol. The van der Waals surface area contributed by atoms with E-state index in [1.54, 1.807) is 4.90 Å². The summed E-state index contributed by atoms with van der Waals surface area (Å²) < 4.78 is 70.2. The zero-order valence-electron chi connectivity index (χ0n) is 20.7. The van der Waals surface area contributed by atoms with Gasteiger partial charge >= 0.3 is 6.18 Å². The van der Waals surface area contributed by atoms with Crippen LogP contribution in [0.15, 0.2) is 35.2 Å². The van der Waals surface area contributed by atoms with Crippen LogP contribution in [-0.4, -0.2) is 47.6 Å². The van der Waals surface area contributed by atoms with Crippen molar-refractivity contribution >= 4 is 21.6 Å². The summed E-state index contributed by atoms with van der Waals surface area (Å²) in [4.78, 5) is 14.3. The first-order valence-corrected chi connectivity index (χ1v) is 14.3. The Hall–Kier alpha value is -2.60. The number of amides is 1. The highest BCUT2D eigenvalue weighted by atomic mass is 32.2. The van der Waals surface area contributed by atoms with Gasteiger partial charge in [-0.05, 0) is 51.2 Å². The Balaban J connectivity index is 1.53. The zero-order valence-corrected chi connectivity index (χ0v) is 21.5. The minimum atomic E-state index is -4.83. The summed E-state index contributed by atoms with van der Waals surface area (Å²) in [6.45, 7) is 1.71. The largest absolute Gasteiger partial charge is 0.417 e. The summed E-state index contributed by atoms with van der Waals surface area (Å²) in [5.74, 6) is 0.198. The predicted octanol–water partition coefficient (Wildman–Crippen LogP) is 3.70. The van der Waals surface area contributed by atoms with E-state index in [1.165, 1.54) is 12.1 Å². The molecule has 1 amide bonds. The first-order chi connectivity index (χ1) is 17.4. The van der Waals surface area contributed by atoms with Crippen molar-refractivity contribution in [3.05, 3.63) is 41.6 Å². The van der Waals surface area contributed by atoms with Crippen LogP contribution in [-0.2, 0) is 20.8 Å². The number of nitrogens with two attached hydrogens (primary N) is 1. The van der Waals surface area contributed by atoms with Crippen LogP contribution in [0.3, 0.4) is 0 Å². The molecular formula is C25H32F3N5O3S. The maximum absolute atomic E-state index is 13.7. The number of aryl methyl sites for hydroxylation is 1. The van der Waals surface area contributed by atoms with E-state index >= 15 is 0 Å². The van der Waals surface area contributed by atoms with Crippen molar-refractivity contribution in [2.75, 3.05) is 11.4 Å². The molecule has 2 saturated carbocycles. The maximum atomic E-state index is 13.7. The van der Waals surface area contributed by atoms with E-state index in [-0.39, 0.29) is 19.0 Å². The second-order valence-electron chi connectivity index (χ2n) is 10.6. The number of carbonyl (C=O) groups is 1. The molecule has 0 spiro atoms. The fraction of sp³-hybridized carbons (Fsp3) is 0.600. The van der Waals surface area contributed by atoms with Crippen molar-refractivity contribution in [3.8, 4) is 0 Å². The molecule has 8 nitrogen and oxygen atoms in total. The first-order valence-electron chi connectivity index (χ1n) is 12.7. The molecule has 1 saturated heterocycles. The van der Waals surface area contributed by atoms with E-state index in [0.29, 0.717) is 18.7 Å². The Bertz CT molecular complexity index is 1280. The van der Waals surface area contributed by atoms with Gasteiger partial charge in [-0.3, -0.25) is 4.79 Å². The summed E-state index contributed by atoms with van der Waals surface area (Å²) >= 11 is 0. The van der Waals surface area contributed by atoms with Crippen LogP contribution in [0, 0.1) is 6.92 Å². The van der Waals surface area contributed by atoms with Gasteiger partial charge in [0.1, 0.15) is 11.9 Å². The van der Waals surface area contributed by atoms with Gasteiger partial charge in [0.25, 0.3) is 0 Å². The smallest absolute Gasteiger partial charge is 0.343 e. The highest BCUT2D eigenvalue weighted by Gasteiger charge is 2.49. The highest BCUT2D eigenvalue weighted by molar-refractivity contribution is 7.92. The molecule has 2 aliphatic carbocycles. The molecule has 202 valence electrons. The van der Waals surface area contributed by atoms with Gasteiger partial charge in [0.2, 0.25) is 5.91 Å². The summed E-state index contributed by atoms with van der Waals surface area (Å²) in [5, 5.41) is 6.28. The summed E-state index contributed by atoms with van der Waals surface area (Å²) in [7, 11) is -4.42. The van der Waals surface area contributed by atoms with Crippen LogP contribution in [0.25, 0.3) is 0 Å². The lowest BCUT2D eigenvalue weighted by Crippen LogP contribution is -2.52. The number of nitrogens with zero attached hydrogens (tertiary/aromatic N) is 3. The number of halogens is 3. The SMILES string of the molecule is Cc1cc(N2C[C@H](S(=O)(=O)c3ccccc3C(F)(F)F)C[C@@H]2C(=O)NC2(N)CC2)n(C2CCCCC2)n1. The van der Waals surface area contributed by atoms with Crippen LogP contribution < -0.4 is 16.0 Å². The van der Waals surface area contributed by atoms with Gasteiger partial charge in [-0.2, -0.15) is 18.3 Å². The standard InChI is InChI=1S/C25H32F3N5O3S/c1-16-13-22(33(31-16)17-7-3-2-4-8-17)32-15-18(14-20(32)23(34)30-24(29)11-12-24)37(35,36)21-10-6-5-9-19(21)25(26,27)28/h5-6,9-10,13,17-18,20H,2-4,7-8,11-12,14-15,29H2,1H3,(H,30,34)/t18-,20-/m1/s1. The first kappa shape index (κ1) is 26.0. The predicted molar refractivity (Wildman–Crippen MR) is 132 cm³/mol. The third-order valence-corrected chi connectivity index (χ3v) is 9.91. The lowest BCUT2D eigenvalue weighted by molar-refractivity contribution is -0.139. The van der Waals surface area contributed by atoms with Crippen molar-refractivity contribution in [2.45, 2.75) is 92.4 Å². The molecule has 0 radical (unpaired) electrons. The molecule has 1 aromatic carbocycles. The summed E-state index contributed by atoms with van der Waals surface area (Å²) in [5.41, 5.74) is 4.83. The molecule has 0 bridgehead atoms. The maximum Gasteiger partial charge on any atom is 0.417 e. The number of rotatable bonds is 6. The van der Waals surface area contributed by atoms with Crippen molar-refractivity contribution < 1.29 is 26.4 Å². The zero-order chi connectivity index (χ0) is 26.6. The number of hydrogen-bond donors (Lipinski definition) is 2. The number of nitrogens with one attached hydrogen (secondary N) is 1. The van der Waals surface area contributed by atoms with Crippen LogP contribution in [0.2, 0.25) is 0 Å². The average Bonchev–Trinajstić information content (AvgIpc) is 3.24. The third-order valence-electron chi connectivity index (χ3n) is 7.72. The molecule has 37 heavy (non-hydrogen) atoms. The van der Waals surface area contributed by atoms with Crippen molar-refractivity contribution in [1.29, 1.82) is 0 Å². The lowest BCUT2D eigenvalue weighted by Gasteiger charge is -2.31. The fourth-order valence-electron chi connectivity index (χ4n) is 5.55. The molecule has 3 fully saturated rings.